The van der Waals surface area contributed by atoms with Gasteiger partial charge in [0.25, 0.3) is 0 Å². The Morgan fingerprint density at radius 1 is 1.61 bits per heavy atom. The fraction of sp³-hybridized carbons (Fsp3) is 0.545. The number of pyridine rings is 1. The van der Waals surface area contributed by atoms with Crippen molar-refractivity contribution < 1.29 is 14.8 Å². The molecule has 1 rings (SSSR count). The van der Waals surface area contributed by atoms with Crippen molar-refractivity contribution in [2.24, 2.45) is 0 Å². The second kappa shape index (κ2) is 5.63. The molecular weight excluding hydrogens is 238 g/mol. The predicted molar refractivity (Wildman–Crippen MR) is 66.8 cm³/mol. The van der Waals surface area contributed by atoms with Gasteiger partial charge in [-0.05, 0) is 13.3 Å². The minimum Gasteiger partial charge on any atom is -0.481 e. The van der Waals surface area contributed by atoms with Gasteiger partial charge in [-0.15, -0.1) is 0 Å². The van der Waals surface area contributed by atoms with E-state index in [9.17, 15) is 15.2 Å². The lowest BCUT2D eigenvalue weighted by Gasteiger charge is -2.21. The highest BCUT2D eigenvalue weighted by Gasteiger charge is 2.21. The number of aromatic nitrogens is 1. The van der Waals surface area contributed by atoms with Gasteiger partial charge >= 0.3 is 5.69 Å². The first-order valence-electron chi connectivity index (χ1n) is 5.55. The summed E-state index contributed by atoms with van der Waals surface area (Å²) in [6.45, 7) is 3.64. The highest BCUT2D eigenvalue weighted by molar-refractivity contribution is 5.57. The fourth-order valence-corrected chi connectivity index (χ4v) is 1.22. The lowest BCUT2D eigenvalue weighted by molar-refractivity contribution is -0.384. The van der Waals surface area contributed by atoms with Crippen LogP contribution >= 0.6 is 0 Å². The van der Waals surface area contributed by atoms with Crippen LogP contribution in [-0.4, -0.2) is 34.3 Å². The summed E-state index contributed by atoms with van der Waals surface area (Å²) in [4.78, 5) is 14.3. The van der Waals surface area contributed by atoms with Gasteiger partial charge in [0.2, 0.25) is 11.7 Å². The number of methoxy groups -OCH3 is 1. The molecule has 18 heavy (non-hydrogen) atoms. The summed E-state index contributed by atoms with van der Waals surface area (Å²) < 4.78 is 4.91. The monoisotopic (exact) mass is 255 g/mol. The maximum Gasteiger partial charge on any atom is 0.311 e. The average molecular weight is 255 g/mol. The number of nitro groups is 1. The van der Waals surface area contributed by atoms with Crippen LogP contribution in [0.15, 0.2) is 12.1 Å². The summed E-state index contributed by atoms with van der Waals surface area (Å²) in [5.74, 6) is 0.368. The Balaban J connectivity index is 2.94. The zero-order valence-electron chi connectivity index (χ0n) is 10.6. The van der Waals surface area contributed by atoms with Crippen molar-refractivity contribution in [1.82, 2.24) is 4.98 Å². The Hall–Kier alpha value is -1.89. The summed E-state index contributed by atoms with van der Waals surface area (Å²) in [5.41, 5.74) is -1.10. The number of hydrogen-bond acceptors (Lipinski definition) is 6. The van der Waals surface area contributed by atoms with E-state index in [1.165, 1.54) is 19.2 Å². The van der Waals surface area contributed by atoms with Gasteiger partial charge in [0.05, 0.1) is 17.6 Å². The Morgan fingerprint density at radius 3 is 2.78 bits per heavy atom. The van der Waals surface area contributed by atoms with Crippen LogP contribution < -0.4 is 10.1 Å². The van der Waals surface area contributed by atoms with Gasteiger partial charge in [-0.2, -0.15) is 4.98 Å². The van der Waals surface area contributed by atoms with Crippen molar-refractivity contribution in [1.29, 1.82) is 0 Å². The molecule has 0 bridgehead atoms. The van der Waals surface area contributed by atoms with Crippen LogP contribution in [0.3, 0.4) is 0 Å². The van der Waals surface area contributed by atoms with Crippen molar-refractivity contribution in [3.05, 3.63) is 22.2 Å². The molecule has 1 atom stereocenters. The number of ether oxygens (including phenoxy) is 1. The highest BCUT2D eigenvalue weighted by Crippen LogP contribution is 2.25. The molecule has 100 valence electrons. The quantitative estimate of drug-likeness (QED) is 0.591. The third-order valence-electron chi connectivity index (χ3n) is 2.65. The SMILES string of the molecule is CCC(C)(O)CNc1nc(OC)ccc1[N+](=O)[O-]. The fourth-order valence-electron chi connectivity index (χ4n) is 1.22. The molecule has 1 heterocycles. The molecule has 0 amide bonds. The second-order valence-corrected chi connectivity index (χ2v) is 4.18. The molecule has 0 radical (unpaired) electrons. The summed E-state index contributed by atoms with van der Waals surface area (Å²) in [6, 6.07) is 2.73. The molecule has 1 aromatic heterocycles. The number of hydrogen-bond donors (Lipinski definition) is 2. The van der Waals surface area contributed by atoms with Crippen LogP contribution in [-0.2, 0) is 0 Å². The first-order valence-corrected chi connectivity index (χ1v) is 5.55. The number of nitrogens with zero attached hydrogens (tertiary/aromatic N) is 2. The maximum absolute atomic E-state index is 10.8. The van der Waals surface area contributed by atoms with E-state index in [-0.39, 0.29) is 23.9 Å². The van der Waals surface area contributed by atoms with Gasteiger partial charge in [0.15, 0.2) is 0 Å². The molecule has 1 unspecified atom stereocenters. The van der Waals surface area contributed by atoms with Crippen LogP contribution in [0.5, 0.6) is 5.88 Å². The van der Waals surface area contributed by atoms with Crippen molar-refractivity contribution in [3.63, 3.8) is 0 Å². The molecule has 7 nitrogen and oxygen atoms in total. The van der Waals surface area contributed by atoms with Crippen LogP contribution in [0.1, 0.15) is 20.3 Å². The Morgan fingerprint density at radius 2 is 2.28 bits per heavy atom. The Bertz CT molecular complexity index is 434. The molecule has 0 saturated carbocycles. The molecule has 0 spiro atoms. The second-order valence-electron chi connectivity index (χ2n) is 4.18. The first-order chi connectivity index (χ1) is 8.39. The van der Waals surface area contributed by atoms with Gasteiger partial charge < -0.3 is 15.2 Å². The summed E-state index contributed by atoms with van der Waals surface area (Å²) >= 11 is 0. The lowest BCUT2D eigenvalue weighted by atomic mass is 10.0. The molecule has 0 aliphatic rings. The van der Waals surface area contributed by atoms with E-state index in [4.69, 9.17) is 4.74 Å². The van der Waals surface area contributed by atoms with E-state index in [0.717, 1.165) is 0 Å². The van der Waals surface area contributed by atoms with Crippen LogP contribution in [0.2, 0.25) is 0 Å². The number of aliphatic hydroxyl groups is 1. The van der Waals surface area contributed by atoms with E-state index < -0.39 is 10.5 Å². The molecule has 1 aromatic rings. The number of nitrogens with one attached hydrogen (secondary N) is 1. The van der Waals surface area contributed by atoms with Crippen molar-refractivity contribution in [2.45, 2.75) is 25.9 Å². The third kappa shape index (κ3) is 3.56. The molecule has 7 heteroatoms. The van der Waals surface area contributed by atoms with Gasteiger partial charge in [0.1, 0.15) is 0 Å². The molecule has 0 saturated heterocycles. The van der Waals surface area contributed by atoms with E-state index >= 15 is 0 Å². The maximum atomic E-state index is 10.8. The number of anilines is 1. The van der Waals surface area contributed by atoms with Gasteiger partial charge in [-0.25, -0.2) is 0 Å². The lowest BCUT2D eigenvalue weighted by Crippen LogP contribution is -2.32. The minimum absolute atomic E-state index is 0.0908. The normalized spacial score (nSPS) is 13.8. The van der Waals surface area contributed by atoms with Crippen LogP contribution in [0.25, 0.3) is 0 Å². The Labute approximate surface area is 105 Å². The van der Waals surface area contributed by atoms with Crippen molar-refractivity contribution >= 4 is 11.5 Å². The zero-order valence-corrected chi connectivity index (χ0v) is 10.6. The van der Waals surface area contributed by atoms with Gasteiger partial charge in [-0.3, -0.25) is 10.1 Å². The number of rotatable bonds is 6. The standard InChI is InChI=1S/C11H17N3O4/c1-4-11(2,15)7-12-10-8(14(16)17)5-6-9(13-10)18-3/h5-6,15H,4,7H2,1-3H3,(H,12,13). The van der Waals surface area contributed by atoms with Crippen LogP contribution in [0, 0.1) is 10.1 Å². The van der Waals surface area contributed by atoms with Gasteiger partial charge in [0, 0.05) is 18.7 Å². The van der Waals surface area contributed by atoms with E-state index in [0.29, 0.717) is 6.42 Å². The van der Waals surface area contributed by atoms with E-state index in [1.807, 2.05) is 6.92 Å². The average Bonchev–Trinajstić information content (AvgIpc) is 2.36. The smallest absolute Gasteiger partial charge is 0.311 e. The topological polar surface area (TPSA) is 97.5 Å². The first kappa shape index (κ1) is 14.2. The zero-order chi connectivity index (χ0) is 13.8. The third-order valence-corrected chi connectivity index (χ3v) is 2.65. The molecule has 2 N–H and O–H groups in total. The molecule has 0 aliphatic carbocycles. The minimum atomic E-state index is -0.946. The van der Waals surface area contributed by atoms with E-state index in [1.54, 1.807) is 6.92 Å². The molecular formula is C11H17N3O4. The molecule has 0 fully saturated rings. The molecule has 0 aromatic carbocycles. The van der Waals surface area contributed by atoms with Crippen molar-refractivity contribution in [3.8, 4) is 5.88 Å². The largest absolute Gasteiger partial charge is 0.481 e. The predicted octanol–water partition coefficient (Wildman–Crippen LogP) is 1.57. The molecule has 0 aliphatic heterocycles. The summed E-state index contributed by atoms with van der Waals surface area (Å²) in [7, 11) is 1.43. The summed E-state index contributed by atoms with van der Waals surface area (Å²) in [6.07, 6.45) is 0.526. The van der Waals surface area contributed by atoms with E-state index in [2.05, 4.69) is 10.3 Å². The Kier molecular flexibility index (Phi) is 4.43. The van der Waals surface area contributed by atoms with Crippen LogP contribution in [0.4, 0.5) is 11.5 Å². The van der Waals surface area contributed by atoms with Gasteiger partial charge in [-0.1, -0.05) is 6.92 Å². The van der Waals surface area contributed by atoms with Crippen molar-refractivity contribution in [2.75, 3.05) is 19.0 Å². The summed E-state index contributed by atoms with van der Waals surface area (Å²) in [5, 5.41) is 23.5. The highest BCUT2D eigenvalue weighted by atomic mass is 16.6.